The van der Waals surface area contributed by atoms with Crippen LogP contribution in [0.15, 0.2) is 24.3 Å². The standard InChI is InChI=1S/C15H15NO/c16-10-12-4-5-15-13(2-1-3-14(12)15)11-6-8-17-9-7-11/h1-3,6,12H,4-5,7-9H2. The first-order valence-corrected chi connectivity index (χ1v) is 6.18. The average molecular weight is 225 g/mol. The second-order valence-electron chi connectivity index (χ2n) is 4.65. The van der Waals surface area contributed by atoms with Crippen molar-refractivity contribution in [3.05, 3.63) is 41.0 Å². The highest BCUT2D eigenvalue weighted by Gasteiger charge is 2.25. The molecule has 2 heteroatoms. The average Bonchev–Trinajstić information content (AvgIpc) is 2.82. The summed E-state index contributed by atoms with van der Waals surface area (Å²) in [6.45, 7) is 1.54. The number of hydrogen-bond donors (Lipinski definition) is 0. The summed E-state index contributed by atoms with van der Waals surface area (Å²) in [5, 5.41) is 9.13. The molecule has 0 fully saturated rings. The van der Waals surface area contributed by atoms with Crippen LogP contribution in [0.5, 0.6) is 0 Å². The smallest absolute Gasteiger partial charge is 0.0718 e. The van der Waals surface area contributed by atoms with Crippen molar-refractivity contribution in [1.29, 1.82) is 5.26 Å². The molecule has 0 saturated heterocycles. The van der Waals surface area contributed by atoms with Gasteiger partial charge < -0.3 is 4.74 Å². The SMILES string of the molecule is N#CC1CCc2c(C3=CCOCC3)cccc21. The predicted molar refractivity (Wildman–Crippen MR) is 66.5 cm³/mol. The minimum atomic E-state index is 0.102. The molecule has 0 bridgehead atoms. The second kappa shape index (κ2) is 4.35. The maximum absolute atomic E-state index is 9.13. The van der Waals surface area contributed by atoms with Crippen LogP contribution in [0.25, 0.3) is 5.57 Å². The van der Waals surface area contributed by atoms with Crippen molar-refractivity contribution in [2.24, 2.45) is 0 Å². The Morgan fingerprint density at radius 3 is 3.00 bits per heavy atom. The van der Waals surface area contributed by atoms with Crippen molar-refractivity contribution >= 4 is 5.57 Å². The number of benzene rings is 1. The highest BCUT2D eigenvalue weighted by atomic mass is 16.5. The maximum Gasteiger partial charge on any atom is 0.0718 e. The van der Waals surface area contributed by atoms with Crippen LogP contribution in [0.3, 0.4) is 0 Å². The van der Waals surface area contributed by atoms with Crippen molar-refractivity contribution in [1.82, 2.24) is 0 Å². The van der Waals surface area contributed by atoms with E-state index < -0.39 is 0 Å². The van der Waals surface area contributed by atoms with Gasteiger partial charge in [-0.05, 0) is 41.5 Å². The first-order chi connectivity index (χ1) is 8.40. The van der Waals surface area contributed by atoms with Gasteiger partial charge in [-0.2, -0.15) is 5.26 Å². The summed E-state index contributed by atoms with van der Waals surface area (Å²) in [6.07, 6.45) is 5.20. The van der Waals surface area contributed by atoms with Gasteiger partial charge in [0.25, 0.3) is 0 Å². The molecule has 0 radical (unpaired) electrons. The van der Waals surface area contributed by atoms with Gasteiger partial charge in [0.05, 0.1) is 25.2 Å². The molecule has 1 aliphatic carbocycles. The molecule has 2 nitrogen and oxygen atoms in total. The number of nitriles is 1. The molecule has 0 spiro atoms. The molecule has 1 heterocycles. The summed E-state index contributed by atoms with van der Waals surface area (Å²) in [6, 6.07) is 8.79. The molecule has 0 N–H and O–H groups in total. The van der Waals surface area contributed by atoms with Crippen LogP contribution >= 0.6 is 0 Å². The van der Waals surface area contributed by atoms with Gasteiger partial charge in [-0.3, -0.25) is 0 Å². The number of rotatable bonds is 1. The first-order valence-electron chi connectivity index (χ1n) is 6.18. The van der Waals surface area contributed by atoms with Crippen molar-refractivity contribution in [3.8, 4) is 6.07 Å². The monoisotopic (exact) mass is 225 g/mol. The fraction of sp³-hybridized carbons (Fsp3) is 0.400. The Morgan fingerprint density at radius 1 is 1.29 bits per heavy atom. The van der Waals surface area contributed by atoms with Gasteiger partial charge in [0, 0.05) is 0 Å². The Morgan fingerprint density at radius 2 is 2.24 bits per heavy atom. The van der Waals surface area contributed by atoms with E-state index in [1.807, 2.05) is 0 Å². The third kappa shape index (κ3) is 1.77. The van der Waals surface area contributed by atoms with E-state index in [9.17, 15) is 0 Å². The van der Waals surface area contributed by atoms with Crippen molar-refractivity contribution in [2.75, 3.05) is 13.2 Å². The number of hydrogen-bond acceptors (Lipinski definition) is 2. The highest BCUT2D eigenvalue weighted by molar-refractivity contribution is 5.71. The molecule has 3 rings (SSSR count). The number of fused-ring (bicyclic) bond motifs is 1. The van der Waals surface area contributed by atoms with Crippen molar-refractivity contribution < 1.29 is 4.74 Å². The summed E-state index contributed by atoms with van der Waals surface area (Å²) in [7, 11) is 0. The largest absolute Gasteiger partial charge is 0.377 e. The second-order valence-corrected chi connectivity index (χ2v) is 4.65. The van der Waals surface area contributed by atoms with Crippen molar-refractivity contribution in [2.45, 2.75) is 25.2 Å². The molecule has 0 saturated carbocycles. The fourth-order valence-corrected chi connectivity index (χ4v) is 2.86. The normalized spacial score (nSPS) is 22.8. The van der Waals surface area contributed by atoms with Crippen LogP contribution in [0.2, 0.25) is 0 Å². The molecule has 1 aromatic rings. The zero-order valence-corrected chi connectivity index (χ0v) is 9.78. The van der Waals surface area contributed by atoms with E-state index in [1.54, 1.807) is 0 Å². The van der Waals surface area contributed by atoms with E-state index in [1.165, 1.54) is 22.3 Å². The van der Waals surface area contributed by atoms with Gasteiger partial charge in [-0.1, -0.05) is 24.3 Å². The van der Waals surface area contributed by atoms with Crippen LogP contribution in [0.4, 0.5) is 0 Å². The quantitative estimate of drug-likeness (QED) is 0.736. The molecule has 1 aliphatic heterocycles. The number of nitrogens with zero attached hydrogens (tertiary/aromatic N) is 1. The van der Waals surface area contributed by atoms with Crippen LogP contribution in [-0.4, -0.2) is 13.2 Å². The Labute approximate surface area is 102 Å². The zero-order valence-electron chi connectivity index (χ0n) is 9.78. The molecular weight excluding hydrogens is 210 g/mol. The van der Waals surface area contributed by atoms with E-state index >= 15 is 0 Å². The summed E-state index contributed by atoms with van der Waals surface area (Å²) in [4.78, 5) is 0. The fourth-order valence-electron chi connectivity index (χ4n) is 2.86. The lowest BCUT2D eigenvalue weighted by Gasteiger charge is -2.16. The third-order valence-corrected chi connectivity index (χ3v) is 3.74. The molecular formula is C15H15NO. The maximum atomic E-state index is 9.13. The Balaban J connectivity index is 2.05. The highest BCUT2D eigenvalue weighted by Crippen LogP contribution is 2.37. The van der Waals surface area contributed by atoms with E-state index in [2.05, 4.69) is 30.3 Å². The Bertz CT molecular complexity index is 510. The van der Waals surface area contributed by atoms with E-state index in [-0.39, 0.29) is 5.92 Å². The third-order valence-electron chi connectivity index (χ3n) is 3.74. The summed E-state index contributed by atoms with van der Waals surface area (Å²) in [5.41, 5.74) is 5.39. The summed E-state index contributed by atoms with van der Waals surface area (Å²) < 4.78 is 5.35. The lowest BCUT2D eigenvalue weighted by atomic mass is 9.93. The summed E-state index contributed by atoms with van der Waals surface area (Å²) in [5.74, 6) is 0.102. The topological polar surface area (TPSA) is 33.0 Å². The van der Waals surface area contributed by atoms with Crippen LogP contribution in [0, 0.1) is 11.3 Å². The van der Waals surface area contributed by atoms with E-state index in [0.29, 0.717) is 0 Å². The van der Waals surface area contributed by atoms with Crippen LogP contribution in [0.1, 0.15) is 35.4 Å². The molecule has 1 aromatic carbocycles. The summed E-state index contributed by atoms with van der Waals surface area (Å²) >= 11 is 0. The number of ether oxygens (including phenoxy) is 1. The van der Waals surface area contributed by atoms with Crippen molar-refractivity contribution in [3.63, 3.8) is 0 Å². The van der Waals surface area contributed by atoms with Gasteiger partial charge in [-0.15, -0.1) is 0 Å². The van der Waals surface area contributed by atoms with Gasteiger partial charge in [0.15, 0.2) is 0 Å². The first kappa shape index (κ1) is 10.6. The molecule has 1 atom stereocenters. The minimum Gasteiger partial charge on any atom is -0.377 e. The van der Waals surface area contributed by atoms with Gasteiger partial charge in [-0.25, -0.2) is 0 Å². The lowest BCUT2D eigenvalue weighted by molar-refractivity contribution is 0.161. The van der Waals surface area contributed by atoms with Gasteiger partial charge in [0.2, 0.25) is 0 Å². The predicted octanol–water partition coefficient (Wildman–Crippen LogP) is 3.04. The lowest BCUT2D eigenvalue weighted by Crippen LogP contribution is -2.05. The van der Waals surface area contributed by atoms with Gasteiger partial charge in [0.1, 0.15) is 0 Å². The Kier molecular flexibility index (Phi) is 2.70. The zero-order chi connectivity index (χ0) is 11.7. The van der Waals surface area contributed by atoms with E-state index in [0.717, 1.165) is 32.5 Å². The molecule has 86 valence electrons. The molecule has 1 unspecified atom stereocenters. The molecule has 0 amide bonds. The molecule has 17 heavy (non-hydrogen) atoms. The van der Waals surface area contributed by atoms with Crippen LogP contribution < -0.4 is 0 Å². The van der Waals surface area contributed by atoms with E-state index in [4.69, 9.17) is 10.00 Å². The van der Waals surface area contributed by atoms with Gasteiger partial charge >= 0.3 is 0 Å². The molecule has 2 aliphatic rings. The van der Waals surface area contributed by atoms with Crippen LogP contribution in [-0.2, 0) is 11.2 Å². The Hall–Kier alpha value is -1.59. The molecule has 0 aromatic heterocycles. The minimum absolute atomic E-state index is 0.102.